The van der Waals surface area contributed by atoms with Crippen LogP contribution in [0.25, 0.3) is 0 Å². The highest BCUT2D eigenvalue weighted by atomic mass is 32.2. The van der Waals surface area contributed by atoms with Crippen LogP contribution in [-0.2, 0) is 17.9 Å². The highest BCUT2D eigenvalue weighted by Crippen LogP contribution is 2.27. The average Bonchev–Trinajstić information content (AvgIpc) is 2.86. The van der Waals surface area contributed by atoms with E-state index in [1.807, 2.05) is 4.57 Å². The maximum absolute atomic E-state index is 10.6. The Hall–Kier alpha value is -1.08. The average molecular weight is 299 g/mol. The van der Waals surface area contributed by atoms with Crippen LogP contribution in [0.1, 0.15) is 44.3 Å². The van der Waals surface area contributed by atoms with E-state index in [1.54, 1.807) is 0 Å². The van der Waals surface area contributed by atoms with Crippen LogP contribution in [0.4, 0.5) is 0 Å². The number of aliphatic carboxylic acids is 1. The van der Waals surface area contributed by atoms with Crippen molar-refractivity contribution in [1.82, 2.24) is 14.8 Å². The minimum absolute atomic E-state index is 0.0347. The number of aliphatic hydroxyl groups excluding tert-OH is 1. The van der Waals surface area contributed by atoms with Crippen molar-refractivity contribution in [3.8, 4) is 0 Å². The van der Waals surface area contributed by atoms with Crippen LogP contribution in [0.5, 0.6) is 0 Å². The summed E-state index contributed by atoms with van der Waals surface area (Å²) < 4.78 is 1.86. The molecule has 1 fully saturated rings. The zero-order chi connectivity index (χ0) is 14.4. The monoisotopic (exact) mass is 299 g/mol. The van der Waals surface area contributed by atoms with E-state index in [0.717, 1.165) is 30.6 Å². The molecule has 0 saturated heterocycles. The van der Waals surface area contributed by atoms with Gasteiger partial charge in [0.15, 0.2) is 11.0 Å². The molecule has 7 heteroatoms. The lowest BCUT2D eigenvalue weighted by atomic mass is 9.87. The van der Waals surface area contributed by atoms with E-state index in [9.17, 15) is 9.90 Å². The molecule has 0 aromatic carbocycles. The predicted molar refractivity (Wildman–Crippen MR) is 75.5 cm³/mol. The van der Waals surface area contributed by atoms with Gasteiger partial charge in [0.1, 0.15) is 6.61 Å². The summed E-state index contributed by atoms with van der Waals surface area (Å²) in [5, 5.41) is 26.5. The molecule has 1 heterocycles. The fraction of sp³-hybridized carbons (Fsp3) is 0.769. The van der Waals surface area contributed by atoms with Gasteiger partial charge in [-0.1, -0.05) is 43.9 Å². The van der Waals surface area contributed by atoms with Gasteiger partial charge in [-0.15, -0.1) is 10.2 Å². The number of thioether (sulfide) groups is 1. The number of nitrogens with zero attached hydrogens (tertiary/aromatic N) is 3. The maximum atomic E-state index is 10.6. The molecular formula is C13H21N3O3S. The number of aliphatic hydroxyl groups is 1. The Morgan fingerprint density at radius 1 is 1.30 bits per heavy atom. The first-order valence-corrected chi connectivity index (χ1v) is 8.06. The Labute approximate surface area is 122 Å². The van der Waals surface area contributed by atoms with Crippen molar-refractivity contribution in [1.29, 1.82) is 0 Å². The molecule has 2 N–H and O–H groups in total. The topological polar surface area (TPSA) is 88.2 Å². The molecule has 0 bridgehead atoms. The second kappa shape index (κ2) is 7.64. The van der Waals surface area contributed by atoms with Gasteiger partial charge in [-0.05, 0) is 12.3 Å². The van der Waals surface area contributed by atoms with Crippen LogP contribution in [0.2, 0.25) is 0 Å². The summed E-state index contributed by atoms with van der Waals surface area (Å²) in [6, 6.07) is 0. The first kappa shape index (κ1) is 15.3. The predicted octanol–water partition coefficient (Wildman–Crippen LogP) is 1.92. The van der Waals surface area contributed by atoms with E-state index >= 15 is 0 Å². The summed E-state index contributed by atoms with van der Waals surface area (Å²) in [5.41, 5.74) is 0. The Morgan fingerprint density at radius 2 is 2.05 bits per heavy atom. The largest absolute Gasteiger partial charge is 0.481 e. The normalized spacial score (nSPS) is 16.4. The molecular weight excluding hydrogens is 278 g/mol. The van der Waals surface area contributed by atoms with Crippen molar-refractivity contribution < 1.29 is 15.0 Å². The number of carboxylic acids is 1. The highest BCUT2D eigenvalue weighted by molar-refractivity contribution is 7.99. The molecule has 1 aliphatic rings. The Bertz CT molecular complexity index is 444. The zero-order valence-corrected chi connectivity index (χ0v) is 12.3. The smallest absolute Gasteiger partial charge is 0.313 e. The minimum atomic E-state index is -0.873. The van der Waals surface area contributed by atoms with Gasteiger partial charge in [0, 0.05) is 6.54 Å². The molecule has 0 unspecified atom stereocenters. The molecule has 1 aromatic rings. The van der Waals surface area contributed by atoms with E-state index in [0.29, 0.717) is 11.0 Å². The first-order valence-electron chi connectivity index (χ1n) is 7.08. The lowest BCUT2D eigenvalue weighted by Gasteiger charge is -2.22. The zero-order valence-electron chi connectivity index (χ0n) is 11.5. The van der Waals surface area contributed by atoms with Crippen molar-refractivity contribution in [3.05, 3.63) is 5.82 Å². The third kappa shape index (κ3) is 4.21. The molecule has 1 aliphatic carbocycles. The van der Waals surface area contributed by atoms with Gasteiger partial charge >= 0.3 is 5.97 Å². The molecule has 20 heavy (non-hydrogen) atoms. The molecule has 0 amide bonds. The number of hydrogen-bond acceptors (Lipinski definition) is 5. The van der Waals surface area contributed by atoms with E-state index in [1.165, 1.54) is 32.1 Å². The summed E-state index contributed by atoms with van der Waals surface area (Å²) in [7, 11) is 0. The van der Waals surface area contributed by atoms with Crippen LogP contribution in [0, 0.1) is 5.92 Å². The van der Waals surface area contributed by atoms with Gasteiger partial charge < -0.3 is 14.8 Å². The fourth-order valence-electron chi connectivity index (χ4n) is 2.68. The van der Waals surface area contributed by atoms with Crippen molar-refractivity contribution in [2.45, 2.75) is 56.8 Å². The Kier molecular flexibility index (Phi) is 5.85. The quantitative estimate of drug-likeness (QED) is 0.748. The van der Waals surface area contributed by atoms with Gasteiger partial charge in [-0.2, -0.15) is 0 Å². The van der Waals surface area contributed by atoms with Crippen molar-refractivity contribution in [3.63, 3.8) is 0 Å². The fourth-order valence-corrected chi connectivity index (χ4v) is 3.38. The number of rotatable bonds is 7. The van der Waals surface area contributed by atoms with Crippen molar-refractivity contribution in [2.75, 3.05) is 5.75 Å². The molecule has 0 aliphatic heterocycles. The van der Waals surface area contributed by atoms with E-state index in [-0.39, 0.29) is 12.4 Å². The molecule has 0 atom stereocenters. The molecule has 1 aromatic heterocycles. The van der Waals surface area contributed by atoms with Gasteiger partial charge in [0.05, 0.1) is 5.75 Å². The van der Waals surface area contributed by atoms with E-state index in [4.69, 9.17) is 5.11 Å². The lowest BCUT2D eigenvalue weighted by molar-refractivity contribution is -0.133. The summed E-state index contributed by atoms with van der Waals surface area (Å²) in [6.07, 6.45) is 7.54. The number of hydrogen-bond donors (Lipinski definition) is 2. The molecule has 6 nitrogen and oxygen atoms in total. The van der Waals surface area contributed by atoms with E-state index < -0.39 is 5.97 Å². The van der Waals surface area contributed by atoms with Crippen LogP contribution in [0.15, 0.2) is 5.16 Å². The summed E-state index contributed by atoms with van der Waals surface area (Å²) in [5.74, 6) is 0.346. The Morgan fingerprint density at radius 3 is 2.70 bits per heavy atom. The third-order valence-corrected chi connectivity index (χ3v) is 4.70. The van der Waals surface area contributed by atoms with Crippen molar-refractivity contribution >= 4 is 17.7 Å². The minimum Gasteiger partial charge on any atom is -0.481 e. The number of carboxylic acid groups (broad SMARTS) is 1. The summed E-state index contributed by atoms with van der Waals surface area (Å²) in [6.45, 7) is 0.598. The van der Waals surface area contributed by atoms with Crippen LogP contribution in [-0.4, -0.2) is 36.7 Å². The molecule has 1 saturated carbocycles. The highest BCUT2D eigenvalue weighted by Gasteiger charge is 2.17. The van der Waals surface area contributed by atoms with Gasteiger partial charge in [-0.25, -0.2) is 0 Å². The van der Waals surface area contributed by atoms with Gasteiger partial charge in [0.2, 0.25) is 0 Å². The number of aromatic nitrogens is 3. The maximum Gasteiger partial charge on any atom is 0.313 e. The molecule has 2 rings (SSSR count). The van der Waals surface area contributed by atoms with E-state index in [2.05, 4.69) is 10.2 Å². The SMILES string of the molecule is O=C(O)CSc1nnc(CO)n1CCC1CCCCC1. The third-order valence-electron chi connectivity index (χ3n) is 3.75. The second-order valence-corrected chi connectivity index (χ2v) is 6.13. The van der Waals surface area contributed by atoms with Crippen LogP contribution in [0.3, 0.4) is 0 Å². The summed E-state index contributed by atoms with van der Waals surface area (Å²) in [4.78, 5) is 10.6. The molecule has 0 radical (unpaired) electrons. The first-order chi connectivity index (χ1) is 9.70. The van der Waals surface area contributed by atoms with Gasteiger partial charge in [-0.3, -0.25) is 4.79 Å². The summed E-state index contributed by atoms with van der Waals surface area (Å²) >= 11 is 1.16. The second-order valence-electron chi connectivity index (χ2n) is 5.18. The van der Waals surface area contributed by atoms with Gasteiger partial charge in [0.25, 0.3) is 0 Å². The Balaban J connectivity index is 1.96. The molecule has 112 valence electrons. The lowest BCUT2D eigenvalue weighted by Crippen LogP contribution is -2.13. The molecule has 0 spiro atoms. The van der Waals surface area contributed by atoms with Crippen molar-refractivity contribution in [2.24, 2.45) is 5.92 Å². The number of carbonyl (C=O) groups is 1. The van der Waals surface area contributed by atoms with Crippen LogP contribution >= 0.6 is 11.8 Å². The standard InChI is InChI=1S/C13H21N3O3S/c17-8-11-14-15-13(20-9-12(18)19)16(11)7-6-10-4-2-1-3-5-10/h10,17H,1-9H2,(H,18,19). The van der Waals surface area contributed by atoms with Crippen LogP contribution < -0.4 is 0 Å².